The summed E-state index contributed by atoms with van der Waals surface area (Å²) in [6.07, 6.45) is -0.0820. The summed E-state index contributed by atoms with van der Waals surface area (Å²) in [6.45, 7) is 4.22. The molecule has 3 unspecified atom stereocenters. The molecule has 3 N–H and O–H groups in total. The number of benzene rings is 1. The van der Waals surface area contributed by atoms with Crippen LogP contribution in [0.25, 0.3) is 0 Å². The molecular formula is C14H17F4NO2. The molecule has 0 spiro atoms. The highest BCUT2D eigenvalue weighted by atomic mass is 19.2. The number of halogens is 4. The largest absolute Gasteiger partial charge is 0.480 e. The van der Waals surface area contributed by atoms with Gasteiger partial charge in [-0.15, -0.1) is 0 Å². The van der Waals surface area contributed by atoms with Crippen molar-refractivity contribution in [1.82, 2.24) is 0 Å². The Labute approximate surface area is 119 Å². The first-order valence-corrected chi connectivity index (χ1v) is 6.34. The fourth-order valence-corrected chi connectivity index (χ4v) is 2.22. The van der Waals surface area contributed by atoms with Gasteiger partial charge in [0, 0.05) is 11.6 Å². The number of hydrogen-bond donors (Lipinski definition) is 2. The summed E-state index contributed by atoms with van der Waals surface area (Å²) in [5.41, 5.74) is 3.39. The monoisotopic (exact) mass is 307 g/mol. The molecule has 3 atom stereocenters. The van der Waals surface area contributed by atoms with Gasteiger partial charge >= 0.3 is 5.97 Å². The molecule has 3 nitrogen and oxygen atoms in total. The molecule has 0 saturated heterocycles. The molecule has 118 valence electrons. The molecule has 1 rings (SSSR count). The molecule has 21 heavy (non-hydrogen) atoms. The fraction of sp³-hybridized carbons (Fsp3) is 0.500. The molecule has 1 aromatic carbocycles. The van der Waals surface area contributed by atoms with E-state index in [0.717, 1.165) is 0 Å². The van der Waals surface area contributed by atoms with E-state index in [0.29, 0.717) is 0 Å². The van der Waals surface area contributed by atoms with Crippen LogP contribution in [0.2, 0.25) is 0 Å². The first kappa shape index (κ1) is 17.4. The van der Waals surface area contributed by atoms with E-state index < -0.39 is 52.2 Å². The minimum absolute atomic E-state index is 0.0820. The Bertz CT molecular complexity index is 560. The second-order valence-corrected chi connectivity index (χ2v) is 5.57. The molecule has 0 aliphatic heterocycles. The Morgan fingerprint density at radius 3 is 2.24 bits per heavy atom. The molecule has 1 aromatic rings. The minimum Gasteiger partial charge on any atom is -0.480 e. The maximum Gasteiger partial charge on any atom is 0.323 e. The van der Waals surface area contributed by atoms with E-state index in [2.05, 4.69) is 0 Å². The van der Waals surface area contributed by atoms with Crippen molar-refractivity contribution in [3.63, 3.8) is 0 Å². The summed E-state index contributed by atoms with van der Waals surface area (Å²) >= 11 is 0. The average molecular weight is 307 g/mol. The number of rotatable bonds is 5. The molecule has 0 saturated carbocycles. The van der Waals surface area contributed by atoms with Crippen molar-refractivity contribution in [2.45, 2.75) is 38.6 Å². The lowest BCUT2D eigenvalue weighted by Crippen LogP contribution is -2.46. The van der Waals surface area contributed by atoms with Crippen LogP contribution in [0.3, 0.4) is 0 Å². The molecule has 0 aliphatic carbocycles. The van der Waals surface area contributed by atoms with Crippen LogP contribution in [0.1, 0.15) is 38.7 Å². The van der Waals surface area contributed by atoms with Crippen LogP contribution in [0.15, 0.2) is 6.07 Å². The fourth-order valence-electron chi connectivity index (χ4n) is 2.22. The topological polar surface area (TPSA) is 63.3 Å². The summed E-state index contributed by atoms with van der Waals surface area (Å²) in [5.74, 6) is -8.86. The van der Waals surface area contributed by atoms with Gasteiger partial charge in [-0.2, -0.15) is 0 Å². The molecule has 0 heterocycles. The number of carbonyl (C=O) groups is 1. The van der Waals surface area contributed by atoms with Crippen molar-refractivity contribution in [1.29, 1.82) is 0 Å². The predicted molar refractivity (Wildman–Crippen MR) is 68.7 cm³/mol. The van der Waals surface area contributed by atoms with Gasteiger partial charge in [0.25, 0.3) is 0 Å². The lowest BCUT2D eigenvalue weighted by Gasteiger charge is -2.28. The van der Waals surface area contributed by atoms with Crippen molar-refractivity contribution in [3.05, 3.63) is 34.9 Å². The SMILES string of the molecule is CC(CC(C)(N)C(=O)O)C(C)c1c(F)cc(F)c(F)c1F. The molecule has 0 fully saturated rings. The quantitative estimate of drug-likeness (QED) is 0.499. The van der Waals surface area contributed by atoms with E-state index in [9.17, 15) is 22.4 Å². The summed E-state index contributed by atoms with van der Waals surface area (Å²) in [6, 6.07) is 0.274. The summed E-state index contributed by atoms with van der Waals surface area (Å²) in [4.78, 5) is 11.0. The summed E-state index contributed by atoms with van der Waals surface area (Å²) in [5, 5.41) is 8.95. The Hall–Kier alpha value is -1.63. The van der Waals surface area contributed by atoms with Crippen LogP contribution in [0.4, 0.5) is 17.6 Å². The van der Waals surface area contributed by atoms with Gasteiger partial charge in [-0.1, -0.05) is 13.8 Å². The molecule has 0 bridgehead atoms. The molecule has 0 radical (unpaired) electrons. The first-order valence-electron chi connectivity index (χ1n) is 6.34. The van der Waals surface area contributed by atoms with Crippen molar-refractivity contribution in [3.8, 4) is 0 Å². The summed E-state index contributed by atoms with van der Waals surface area (Å²) in [7, 11) is 0. The second kappa shape index (κ2) is 6.01. The summed E-state index contributed by atoms with van der Waals surface area (Å²) < 4.78 is 53.6. The van der Waals surface area contributed by atoms with Gasteiger partial charge in [0.05, 0.1) is 0 Å². The number of aliphatic carboxylic acids is 1. The molecular weight excluding hydrogens is 290 g/mol. The maximum atomic E-state index is 13.7. The maximum absolute atomic E-state index is 13.7. The highest BCUT2D eigenvalue weighted by Gasteiger charge is 2.34. The highest BCUT2D eigenvalue weighted by Crippen LogP contribution is 2.34. The zero-order valence-corrected chi connectivity index (χ0v) is 11.9. The third-order valence-electron chi connectivity index (χ3n) is 3.69. The minimum atomic E-state index is -1.75. The van der Waals surface area contributed by atoms with Gasteiger partial charge in [0.2, 0.25) is 0 Å². The van der Waals surface area contributed by atoms with Crippen molar-refractivity contribution in [2.75, 3.05) is 0 Å². The van der Waals surface area contributed by atoms with Gasteiger partial charge in [0.1, 0.15) is 11.4 Å². The Morgan fingerprint density at radius 2 is 1.76 bits per heavy atom. The van der Waals surface area contributed by atoms with Gasteiger partial charge < -0.3 is 10.8 Å². The van der Waals surface area contributed by atoms with Gasteiger partial charge in [-0.3, -0.25) is 4.79 Å². The molecule has 0 amide bonds. The Balaban J connectivity index is 3.12. The van der Waals surface area contributed by atoms with E-state index in [1.165, 1.54) is 13.8 Å². The van der Waals surface area contributed by atoms with E-state index >= 15 is 0 Å². The van der Waals surface area contributed by atoms with Crippen LogP contribution in [-0.4, -0.2) is 16.6 Å². The van der Waals surface area contributed by atoms with Crippen molar-refractivity contribution in [2.24, 2.45) is 11.7 Å². The normalized spacial score (nSPS) is 17.1. The second-order valence-electron chi connectivity index (χ2n) is 5.57. The van der Waals surface area contributed by atoms with E-state index in [-0.39, 0.29) is 12.5 Å². The molecule has 0 aliphatic rings. The first-order chi connectivity index (χ1) is 9.49. The number of nitrogens with two attached hydrogens (primary N) is 1. The molecule has 0 aromatic heterocycles. The van der Waals surface area contributed by atoms with Crippen LogP contribution in [0.5, 0.6) is 0 Å². The lowest BCUT2D eigenvalue weighted by atomic mass is 9.80. The van der Waals surface area contributed by atoms with Crippen molar-refractivity contribution < 1.29 is 27.5 Å². The van der Waals surface area contributed by atoms with Crippen LogP contribution >= 0.6 is 0 Å². The smallest absolute Gasteiger partial charge is 0.323 e. The third kappa shape index (κ3) is 3.53. The van der Waals surface area contributed by atoms with E-state index in [1.54, 1.807) is 6.92 Å². The predicted octanol–water partition coefficient (Wildman–Crippen LogP) is 3.17. The van der Waals surface area contributed by atoms with Crippen LogP contribution in [-0.2, 0) is 4.79 Å². The highest BCUT2D eigenvalue weighted by molar-refractivity contribution is 5.77. The molecule has 7 heteroatoms. The van der Waals surface area contributed by atoms with Gasteiger partial charge in [-0.25, -0.2) is 17.6 Å². The number of carboxylic acids is 1. The zero-order valence-electron chi connectivity index (χ0n) is 11.9. The van der Waals surface area contributed by atoms with Crippen LogP contribution in [0, 0.1) is 29.2 Å². The number of carboxylic acid groups (broad SMARTS) is 1. The number of hydrogen-bond acceptors (Lipinski definition) is 2. The Kier molecular flexibility index (Phi) is 4.99. The van der Waals surface area contributed by atoms with Gasteiger partial charge in [0.15, 0.2) is 17.5 Å². The van der Waals surface area contributed by atoms with E-state index in [1.807, 2.05) is 0 Å². The third-order valence-corrected chi connectivity index (χ3v) is 3.69. The van der Waals surface area contributed by atoms with Crippen LogP contribution < -0.4 is 5.73 Å². The standard InChI is InChI=1S/C14H17F4NO2/c1-6(5-14(3,19)13(20)21)7(2)10-8(15)4-9(16)11(17)12(10)18/h4,6-7H,5,19H2,1-3H3,(H,20,21). The Morgan fingerprint density at radius 1 is 1.24 bits per heavy atom. The van der Waals surface area contributed by atoms with Crippen molar-refractivity contribution >= 4 is 5.97 Å². The zero-order chi connectivity index (χ0) is 16.5. The van der Waals surface area contributed by atoms with E-state index in [4.69, 9.17) is 10.8 Å². The van der Waals surface area contributed by atoms with Gasteiger partial charge in [-0.05, 0) is 25.2 Å². The average Bonchev–Trinajstić information content (AvgIpc) is 2.35. The lowest BCUT2D eigenvalue weighted by molar-refractivity contribution is -0.143.